The van der Waals surface area contributed by atoms with Gasteiger partial charge in [0.25, 0.3) is 0 Å². The number of nitrogens with zero attached hydrogens (tertiary/aromatic N) is 3. The van der Waals surface area contributed by atoms with Crippen LogP contribution in [0.5, 0.6) is 5.75 Å². The molecule has 0 bridgehead atoms. The Hall–Kier alpha value is -2.28. The lowest BCUT2D eigenvalue weighted by Crippen LogP contribution is -2.45. The van der Waals surface area contributed by atoms with Gasteiger partial charge in [0.15, 0.2) is 5.96 Å². The Morgan fingerprint density at radius 3 is 2.52 bits per heavy atom. The molecule has 1 heterocycles. The highest BCUT2D eigenvalue weighted by molar-refractivity contribution is 5.80. The van der Waals surface area contributed by atoms with Crippen molar-refractivity contribution in [2.24, 2.45) is 10.9 Å². The number of hydrogen-bond acceptors (Lipinski definition) is 4. The van der Waals surface area contributed by atoms with Crippen LogP contribution in [-0.4, -0.2) is 76.1 Å². The summed E-state index contributed by atoms with van der Waals surface area (Å²) in [5.74, 6) is 2.44. The number of hydrogen-bond donors (Lipinski definition) is 2. The maximum absolute atomic E-state index is 11.6. The van der Waals surface area contributed by atoms with E-state index in [-0.39, 0.29) is 5.91 Å². The van der Waals surface area contributed by atoms with Gasteiger partial charge in [0.2, 0.25) is 5.91 Å². The van der Waals surface area contributed by atoms with Crippen molar-refractivity contribution in [1.29, 1.82) is 0 Å². The van der Waals surface area contributed by atoms with Crippen molar-refractivity contribution < 1.29 is 9.53 Å². The Kier molecular flexibility index (Phi) is 9.77. The van der Waals surface area contributed by atoms with Gasteiger partial charge in [-0.1, -0.05) is 12.1 Å². The van der Waals surface area contributed by atoms with Crippen LogP contribution in [0.3, 0.4) is 0 Å². The minimum atomic E-state index is 0.135. The van der Waals surface area contributed by atoms with E-state index in [0.717, 1.165) is 63.8 Å². The van der Waals surface area contributed by atoms with E-state index in [4.69, 9.17) is 4.74 Å². The number of nitrogens with one attached hydrogen (secondary N) is 2. The lowest BCUT2D eigenvalue weighted by Gasteiger charge is -2.34. The summed E-state index contributed by atoms with van der Waals surface area (Å²) >= 11 is 0. The molecule has 1 aromatic carbocycles. The quantitative estimate of drug-likeness (QED) is 0.375. The van der Waals surface area contributed by atoms with E-state index in [0.29, 0.717) is 12.3 Å². The second-order valence-corrected chi connectivity index (χ2v) is 7.86. The van der Waals surface area contributed by atoms with Gasteiger partial charge in [-0.15, -0.1) is 0 Å². The van der Waals surface area contributed by atoms with Crippen molar-refractivity contribution in [1.82, 2.24) is 20.4 Å². The highest BCUT2D eigenvalue weighted by atomic mass is 16.5. The molecule has 7 nitrogen and oxygen atoms in total. The number of ether oxygens (including phenoxy) is 1. The highest BCUT2D eigenvalue weighted by Gasteiger charge is 2.22. The van der Waals surface area contributed by atoms with Crippen LogP contribution in [0.15, 0.2) is 29.3 Å². The minimum Gasteiger partial charge on any atom is -0.494 e. The second kappa shape index (κ2) is 12.3. The number of amides is 1. The van der Waals surface area contributed by atoms with E-state index >= 15 is 0 Å². The van der Waals surface area contributed by atoms with Gasteiger partial charge in [-0.25, -0.2) is 0 Å². The smallest absolute Gasteiger partial charge is 0.220 e. The van der Waals surface area contributed by atoms with Crippen LogP contribution in [-0.2, 0) is 11.3 Å². The standard InChI is InChI=1S/C22H37N5O2/c1-23-21(28)16-18-10-13-27(14-11-18)22(24-2)25-17-19-6-8-20(9-7-19)29-15-5-12-26(3)4/h6-9,18H,5,10-17H2,1-4H3,(H,23,28)(H,24,25). The molecule has 1 fully saturated rings. The molecule has 1 aliphatic heterocycles. The summed E-state index contributed by atoms with van der Waals surface area (Å²) in [6, 6.07) is 8.24. The predicted octanol–water partition coefficient (Wildman–Crippen LogP) is 1.94. The molecule has 1 aromatic rings. The predicted molar refractivity (Wildman–Crippen MR) is 118 cm³/mol. The van der Waals surface area contributed by atoms with Gasteiger partial charge in [-0.3, -0.25) is 9.79 Å². The summed E-state index contributed by atoms with van der Waals surface area (Å²) in [4.78, 5) is 20.4. The van der Waals surface area contributed by atoms with E-state index in [1.807, 2.05) is 19.2 Å². The molecule has 0 spiro atoms. The molecule has 162 valence electrons. The molecular weight excluding hydrogens is 366 g/mol. The molecule has 29 heavy (non-hydrogen) atoms. The van der Waals surface area contributed by atoms with E-state index < -0.39 is 0 Å². The number of guanidine groups is 1. The SMILES string of the molecule is CN=C(NCc1ccc(OCCCN(C)C)cc1)N1CCC(CC(=O)NC)CC1. The van der Waals surface area contributed by atoms with Crippen molar-refractivity contribution in [3.63, 3.8) is 0 Å². The zero-order chi connectivity index (χ0) is 21.1. The van der Waals surface area contributed by atoms with Gasteiger partial charge in [0.05, 0.1) is 6.61 Å². The third kappa shape index (κ3) is 8.31. The number of likely N-dealkylation sites (tertiary alicyclic amines) is 1. The molecule has 1 saturated heterocycles. The molecule has 0 unspecified atom stereocenters. The normalized spacial score (nSPS) is 15.5. The number of aliphatic imine (C=N–C) groups is 1. The fourth-order valence-corrected chi connectivity index (χ4v) is 3.50. The number of benzene rings is 1. The third-order valence-electron chi connectivity index (χ3n) is 5.27. The molecular formula is C22H37N5O2. The van der Waals surface area contributed by atoms with Gasteiger partial charge >= 0.3 is 0 Å². The topological polar surface area (TPSA) is 69.2 Å². The third-order valence-corrected chi connectivity index (χ3v) is 5.27. The van der Waals surface area contributed by atoms with Crippen LogP contribution in [0.4, 0.5) is 0 Å². The molecule has 2 rings (SSSR count). The van der Waals surface area contributed by atoms with Crippen LogP contribution in [0.1, 0.15) is 31.2 Å². The van der Waals surface area contributed by atoms with Crippen LogP contribution >= 0.6 is 0 Å². The van der Waals surface area contributed by atoms with Crippen molar-refractivity contribution >= 4 is 11.9 Å². The maximum atomic E-state index is 11.6. The molecule has 0 radical (unpaired) electrons. The minimum absolute atomic E-state index is 0.135. The Labute approximate surface area is 175 Å². The van der Waals surface area contributed by atoms with Crippen LogP contribution in [0, 0.1) is 5.92 Å². The molecule has 1 amide bonds. The monoisotopic (exact) mass is 403 g/mol. The average molecular weight is 404 g/mol. The molecule has 0 aliphatic carbocycles. The van der Waals surface area contributed by atoms with Gasteiger partial charge in [-0.2, -0.15) is 0 Å². The van der Waals surface area contributed by atoms with Gasteiger partial charge < -0.3 is 25.2 Å². The van der Waals surface area contributed by atoms with Crippen LogP contribution in [0.2, 0.25) is 0 Å². The van der Waals surface area contributed by atoms with E-state index in [9.17, 15) is 4.79 Å². The molecule has 0 atom stereocenters. The molecule has 0 aromatic heterocycles. The second-order valence-electron chi connectivity index (χ2n) is 7.86. The van der Waals surface area contributed by atoms with Crippen LogP contribution in [0.25, 0.3) is 0 Å². The zero-order valence-corrected chi connectivity index (χ0v) is 18.4. The number of carbonyl (C=O) groups is 1. The first kappa shape index (κ1) is 23.0. The lowest BCUT2D eigenvalue weighted by molar-refractivity contribution is -0.121. The number of carbonyl (C=O) groups excluding carboxylic acids is 1. The Morgan fingerprint density at radius 2 is 1.93 bits per heavy atom. The number of piperidine rings is 1. The largest absolute Gasteiger partial charge is 0.494 e. The summed E-state index contributed by atoms with van der Waals surface area (Å²) in [5, 5.41) is 6.18. The zero-order valence-electron chi connectivity index (χ0n) is 18.4. The van der Waals surface area contributed by atoms with Crippen molar-refractivity contribution in [3.8, 4) is 5.75 Å². The van der Waals surface area contributed by atoms with Crippen molar-refractivity contribution in [2.45, 2.75) is 32.2 Å². The van der Waals surface area contributed by atoms with E-state index in [2.05, 4.69) is 51.7 Å². The molecule has 1 aliphatic rings. The molecule has 7 heteroatoms. The number of rotatable bonds is 9. The first-order valence-electron chi connectivity index (χ1n) is 10.5. The molecule has 0 saturated carbocycles. The van der Waals surface area contributed by atoms with Crippen molar-refractivity contribution in [2.75, 3.05) is 54.4 Å². The maximum Gasteiger partial charge on any atom is 0.220 e. The van der Waals surface area contributed by atoms with E-state index in [1.165, 1.54) is 5.56 Å². The highest BCUT2D eigenvalue weighted by Crippen LogP contribution is 2.20. The summed E-state index contributed by atoms with van der Waals surface area (Å²) < 4.78 is 5.79. The van der Waals surface area contributed by atoms with Crippen molar-refractivity contribution in [3.05, 3.63) is 29.8 Å². The Bertz CT molecular complexity index is 637. The Balaban J connectivity index is 1.73. The molecule has 2 N–H and O–H groups in total. The summed E-state index contributed by atoms with van der Waals surface area (Å²) in [5.41, 5.74) is 1.20. The van der Waals surface area contributed by atoms with Gasteiger partial charge in [0, 0.05) is 46.7 Å². The summed E-state index contributed by atoms with van der Waals surface area (Å²) in [6.07, 6.45) is 3.69. The first-order chi connectivity index (χ1) is 14.0. The van der Waals surface area contributed by atoms with Crippen LogP contribution < -0.4 is 15.4 Å². The van der Waals surface area contributed by atoms with E-state index in [1.54, 1.807) is 7.05 Å². The Morgan fingerprint density at radius 1 is 1.24 bits per heavy atom. The first-order valence-corrected chi connectivity index (χ1v) is 10.5. The average Bonchev–Trinajstić information content (AvgIpc) is 2.73. The lowest BCUT2D eigenvalue weighted by atomic mass is 9.93. The van der Waals surface area contributed by atoms with Gasteiger partial charge in [-0.05, 0) is 57.0 Å². The fourth-order valence-electron chi connectivity index (χ4n) is 3.50. The van der Waals surface area contributed by atoms with Gasteiger partial charge in [0.1, 0.15) is 5.75 Å². The fraction of sp³-hybridized carbons (Fsp3) is 0.636. The summed E-state index contributed by atoms with van der Waals surface area (Å²) in [6.45, 7) is 4.36. The summed E-state index contributed by atoms with van der Waals surface area (Å²) in [7, 11) is 7.67.